The molecule has 1 aliphatic heterocycles. The second-order valence-electron chi connectivity index (χ2n) is 7.79. The zero-order chi connectivity index (χ0) is 22.5. The van der Waals surface area contributed by atoms with E-state index in [9.17, 15) is 14.7 Å². The Bertz CT molecular complexity index is 1070. The summed E-state index contributed by atoms with van der Waals surface area (Å²) in [5, 5.41) is 13.0. The number of hydrogen-bond donors (Lipinski definition) is 2. The van der Waals surface area contributed by atoms with Crippen LogP contribution in [0.4, 0.5) is 5.69 Å². The molecule has 0 radical (unpaired) electrons. The van der Waals surface area contributed by atoms with Gasteiger partial charge in [0.25, 0.3) is 0 Å². The summed E-state index contributed by atoms with van der Waals surface area (Å²) in [7, 11) is 1.86. The highest BCUT2D eigenvalue weighted by molar-refractivity contribution is 5.92. The fraction of sp³-hybridized carbons (Fsp3) is 0.292. The van der Waals surface area contributed by atoms with Crippen molar-refractivity contribution in [2.45, 2.75) is 25.1 Å². The largest absolute Gasteiger partial charge is 0.394 e. The monoisotopic (exact) mass is 434 g/mol. The molecule has 0 aliphatic carbocycles. The van der Waals surface area contributed by atoms with E-state index in [1.807, 2.05) is 60.3 Å². The molecule has 166 valence electrons. The van der Waals surface area contributed by atoms with Crippen LogP contribution < -0.4 is 5.32 Å². The van der Waals surface area contributed by atoms with Gasteiger partial charge in [-0.2, -0.15) is 0 Å². The number of morpholine rings is 1. The van der Waals surface area contributed by atoms with Crippen LogP contribution in [0, 0.1) is 0 Å². The van der Waals surface area contributed by atoms with E-state index in [-0.39, 0.29) is 25.0 Å². The van der Waals surface area contributed by atoms with Gasteiger partial charge < -0.3 is 24.6 Å². The Morgan fingerprint density at radius 3 is 2.59 bits per heavy atom. The number of aromatic nitrogens is 2. The second kappa shape index (κ2) is 9.76. The first-order chi connectivity index (χ1) is 15.5. The van der Waals surface area contributed by atoms with Crippen LogP contribution in [0.3, 0.4) is 0 Å². The lowest BCUT2D eigenvalue weighted by atomic mass is 9.99. The number of nitrogens with one attached hydrogen (secondary N) is 1. The van der Waals surface area contributed by atoms with E-state index in [0.29, 0.717) is 18.7 Å². The summed E-state index contributed by atoms with van der Waals surface area (Å²) in [6.45, 7) is -0.0153. The number of imidazole rings is 1. The van der Waals surface area contributed by atoms with Crippen molar-refractivity contribution in [1.82, 2.24) is 14.5 Å². The molecule has 2 aromatic carbocycles. The maximum absolute atomic E-state index is 12.5. The van der Waals surface area contributed by atoms with Crippen LogP contribution in [0.15, 0.2) is 67.0 Å². The standard InChI is InChI=1S/C24H26N4O4/c1-27-12-11-25-21(27)14-28-20(15-29)24(32-16-23(28)31)18-7-9-19(10-8-18)26-22(30)13-17-5-3-2-4-6-17/h2-12,20,24,29H,13-16H2,1H3,(H,26,30). The van der Waals surface area contributed by atoms with Crippen LogP contribution in [0.2, 0.25) is 0 Å². The number of anilines is 1. The second-order valence-corrected chi connectivity index (χ2v) is 7.79. The number of carbonyl (C=O) groups excluding carboxylic acids is 2. The molecule has 2 atom stereocenters. The molecular formula is C24H26N4O4. The van der Waals surface area contributed by atoms with Crippen LogP contribution in [0.5, 0.6) is 0 Å². The molecule has 0 spiro atoms. The normalized spacial score (nSPS) is 18.6. The van der Waals surface area contributed by atoms with Crippen molar-refractivity contribution in [2.75, 3.05) is 18.5 Å². The predicted octanol–water partition coefficient (Wildman–Crippen LogP) is 2.06. The molecule has 32 heavy (non-hydrogen) atoms. The van der Waals surface area contributed by atoms with Gasteiger partial charge in [0.05, 0.1) is 25.6 Å². The molecule has 0 bridgehead atoms. The number of aliphatic hydroxyl groups excluding tert-OH is 1. The van der Waals surface area contributed by atoms with Gasteiger partial charge in [-0.3, -0.25) is 9.59 Å². The summed E-state index contributed by atoms with van der Waals surface area (Å²) in [6.07, 6.45) is 3.31. The molecule has 2 N–H and O–H groups in total. The van der Waals surface area contributed by atoms with Crippen LogP contribution in [-0.2, 0) is 34.3 Å². The quantitative estimate of drug-likeness (QED) is 0.593. The number of aliphatic hydroxyl groups is 1. The van der Waals surface area contributed by atoms with Crippen molar-refractivity contribution >= 4 is 17.5 Å². The van der Waals surface area contributed by atoms with Gasteiger partial charge in [0.1, 0.15) is 18.5 Å². The third kappa shape index (κ3) is 4.87. The van der Waals surface area contributed by atoms with Crippen molar-refractivity contribution in [3.05, 3.63) is 83.9 Å². The van der Waals surface area contributed by atoms with Gasteiger partial charge in [-0.15, -0.1) is 0 Å². The summed E-state index contributed by atoms with van der Waals surface area (Å²) >= 11 is 0. The molecule has 8 nitrogen and oxygen atoms in total. The average molecular weight is 434 g/mol. The zero-order valence-corrected chi connectivity index (χ0v) is 17.8. The number of ether oxygens (including phenoxy) is 1. The SMILES string of the molecule is Cn1ccnc1CN1C(=O)COC(c2ccc(NC(=O)Cc3ccccc3)cc2)C1CO. The molecule has 8 heteroatoms. The highest BCUT2D eigenvalue weighted by Crippen LogP contribution is 2.30. The van der Waals surface area contributed by atoms with Gasteiger partial charge in [-0.05, 0) is 23.3 Å². The number of nitrogens with zero attached hydrogens (tertiary/aromatic N) is 3. The van der Waals surface area contributed by atoms with Crippen molar-refractivity contribution < 1.29 is 19.4 Å². The highest BCUT2D eigenvalue weighted by atomic mass is 16.5. The van der Waals surface area contributed by atoms with E-state index >= 15 is 0 Å². The minimum atomic E-state index is -0.536. The van der Waals surface area contributed by atoms with Crippen LogP contribution in [0.1, 0.15) is 23.1 Å². The third-order valence-corrected chi connectivity index (χ3v) is 5.61. The van der Waals surface area contributed by atoms with Gasteiger partial charge in [0, 0.05) is 25.1 Å². The summed E-state index contributed by atoms with van der Waals surface area (Å²) in [6, 6.07) is 16.3. The lowest BCUT2D eigenvalue weighted by Gasteiger charge is -2.40. The minimum Gasteiger partial charge on any atom is -0.394 e. The fourth-order valence-electron chi connectivity index (χ4n) is 3.87. The van der Waals surface area contributed by atoms with Crippen LogP contribution >= 0.6 is 0 Å². The van der Waals surface area contributed by atoms with Gasteiger partial charge in [-0.1, -0.05) is 42.5 Å². The van der Waals surface area contributed by atoms with Crippen LogP contribution in [0.25, 0.3) is 0 Å². The van der Waals surface area contributed by atoms with Crippen LogP contribution in [-0.4, -0.2) is 50.6 Å². The van der Waals surface area contributed by atoms with E-state index in [0.717, 1.165) is 17.0 Å². The van der Waals surface area contributed by atoms with Crippen molar-refractivity contribution in [3.8, 4) is 0 Å². The summed E-state index contributed by atoms with van der Waals surface area (Å²) in [5.41, 5.74) is 2.44. The molecular weight excluding hydrogens is 408 g/mol. The zero-order valence-electron chi connectivity index (χ0n) is 17.8. The van der Waals surface area contributed by atoms with Gasteiger partial charge in [0.2, 0.25) is 11.8 Å². The Morgan fingerprint density at radius 1 is 1.19 bits per heavy atom. The van der Waals surface area contributed by atoms with Gasteiger partial charge in [-0.25, -0.2) is 4.98 Å². The molecule has 1 aliphatic rings. The Labute approximate surface area is 186 Å². The minimum absolute atomic E-state index is 0.0683. The van der Waals surface area contributed by atoms with E-state index in [4.69, 9.17) is 4.74 Å². The number of amides is 2. The lowest BCUT2D eigenvalue weighted by Crippen LogP contribution is -2.52. The Balaban J connectivity index is 1.44. The summed E-state index contributed by atoms with van der Waals surface area (Å²) < 4.78 is 7.64. The van der Waals surface area contributed by atoms with Crippen molar-refractivity contribution in [3.63, 3.8) is 0 Å². The smallest absolute Gasteiger partial charge is 0.249 e. The maximum Gasteiger partial charge on any atom is 0.249 e. The average Bonchev–Trinajstić information content (AvgIpc) is 3.20. The van der Waals surface area contributed by atoms with E-state index < -0.39 is 12.1 Å². The number of benzene rings is 2. The van der Waals surface area contributed by atoms with E-state index in [1.54, 1.807) is 23.2 Å². The van der Waals surface area contributed by atoms with Crippen molar-refractivity contribution in [1.29, 1.82) is 0 Å². The Hall–Kier alpha value is -3.49. The first kappa shape index (κ1) is 21.7. The molecule has 4 rings (SSSR count). The topological polar surface area (TPSA) is 96.7 Å². The van der Waals surface area contributed by atoms with Gasteiger partial charge >= 0.3 is 0 Å². The first-order valence-electron chi connectivity index (χ1n) is 10.5. The predicted molar refractivity (Wildman–Crippen MR) is 119 cm³/mol. The lowest BCUT2D eigenvalue weighted by molar-refractivity contribution is -0.162. The molecule has 0 saturated carbocycles. The molecule has 1 aromatic heterocycles. The molecule has 1 saturated heterocycles. The summed E-state index contributed by atoms with van der Waals surface area (Å²) in [4.78, 5) is 30.7. The van der Waals surface area contributed by atoms with Crippen molar-refractivity contribution in [2.24, 2.45) is 7.05 Å². The first-order valence-corrected chi connectivity index (χ1v) is 10.5. The summed E-state index contributed by atoms with van der Waals surface area (Å²) in [5.74, 6) is 0.444. The number of aryl methyl sites for hydroxylation is 1. The molecule has 2 heterocycles. The van der Waals surface area contributed by atoms with E-state index in [1.165, 1.54) is 0 Å². The molecule has 3 aromatic rings. The Morgan fingerprint density at radius 2 is 1.94 bits per heavy atom. The maximum atomic E-state index is 12.5. The molecule has 2 amide bonds. The fourth-order valence-corrected chi connectivity index (χ4v) is 3.87. The molecule has 2 unspecified atom stereocenters. The van der Waals surface area contributed by atoms with Gasteiger partial charge in [0.15, 0.2) is 0 Å². The number of hydrogen-bond acceptors (Lipinski definition) is 5. The Kier molecular flexibility index (Phi) is 6.63. The van der Waals surface area contributed by atoms with E-state index in [2.05, 4.69) is 10.3 Å². The third-order valence-electron chi connectivity index (χ3n) is 5.61. The molecule has 1 fully saturated rings. The highest BCUT2D eigenvalue weighted by Gasteiger charge is 2.37. The number of rotatable bonds is 7. The number of carbonyl (C=O) groups is 2.